The zero-order valence-electron chi connectivity index (χ0n) is 13.2. The minimum atomic E-state index is -0.301. The van der Waals surface area contributed by atoms with Gasteiger partial charge in [0.25, 0.3) is 0 Å². The first-order valence-corrected chi connectivity index (χ1v) is 8.90. The molecule has 2 saturated carbocycles. The van der Waals surface area contributed by atoms with E-state index in [1.807, 2.05) is 37.3 Å². The number of carbonyl (C=O) groups is 1. The summed E-state index contributed by atoms with van der Waals surface area (Å²) in [5, 5.41) is 10.6. The molecule has 0 radical (unpaired) electrons. The number of aliphatic hydroxyl groups excluding tert-OH is 1. The first kappa shape index (κ1) is 15.9. The lowest BCUT2D eigenvalue weighted by molar-refractivity contribution is -0.133. The number of fused-ring (bicyclic) bond motifs is 1. The van der Waals surface area contributed by atoms with Crippen LogP contribution in [0.5, 0.6) is 0 Å². The monoisotopic (exact) mass is 362 g/mol. The summed E-state index contributed by atoms with van der Waals surface area (Å²) in [6.07, 6.45) is 5.33. The summed E-state index contributed by atoms with van der Waals surface area (Å²) in [5.41, 5.74) is 1.73. The Kier molecular flexibility index (Phi) is 4.30. The Hall–Kier alpha value is -0.930. The summed E-state index contributed by atoms with van der Waals surface area (Å²) >= 11 is 3.55. The van der Waals surface area contributed by atoms with Crippen LogP contribution in [0.1, 0.15) is 45.1 Å². The Balaban J connectivity index is 1.99. The first-order chi connectivity index (χ1) is 10.4. The van der Waals surface area contributed by atoms with Crippen LogP contribution < -0.4 is 0 Å². The number of aliphatic hydroxyl groups is 1. The molecule has 0 amide bonds. The summed E-state index contributed by atoms with van der Waals surface area (Å²) in [6, 6.07) is 7.96. The molecule has 2 nitrogen and oxygen atoms in total. The van der Waals surface area contributed by atoms with Gasteiger partial charge >= 0.3 is 0 Å². The maximum atomic E-state index is 12.8. The third-order valence-electron chi connectivity index (χ3n) is 5.74. The molecule has 1 aromatic rings. The Morgan fingerprint density at radius 1 is 1.32 bits per heavy atom. The van der Waals surface area contributed by atoms with Gasteiger partial charge in [-0.05, 0) is 48.5 Å². The Bertz CT molecular complexity index is 622. The van der Waals surface area contributed by atoms with Gasteiger partial charge < -0.3 is 5.11 Å². The van der Waals surface area contributed by atoms with E-state index in [2.05, 4.69) is 22.9 Å². The highest BCUT2D eigenvalue weighted by molar-refractivity contribution is 9.10. The lowest BCUT2D eigenvalue weighted by atomic mass is 9.54. The number of hydrogen-bond donors (Lipinski definition) is 1. The minimum absolute atomic E-state index is 0.00226. The van der Waals surface area contributed by atoms with E-state index < -0.39 is 0 Å². The van der Waals surface area contributed by atoms with Crippen molar-refractivity contribution in [3.05, 3.63) is 39.9 Å². The van der Waals surface area contributed by atoms with Gasteiger partial charge in [0.1, 0.15) is 0 Å². The van der Waals surface area contributed by atoms with Crippen LogP contribution >= 0.6 is 15.9 Å². The van der Waals surface area contributed by atoms with Crippen LogP contribution in [0.15, 0.2) is 34.3 Å². The van der Waals surface area contributed by atoms with E-state index in [4.69, 9.17) is 0 Å². The Labute approximate surface area is 140 Å². The number of allylic oxidation sites excluding steroid dienone is 1. The van der Waals surface area contributed by atoms with Crippen molar-refractivity contribution >= 4 is 27.8 Å². The van der Waals surface area contributed by atoms with Gasteiger partial charge in [-0.1, -0.05) is 54.4 Å². The number of hydrogen-bond acceptors (Lipinski definition) is 2. The van der Waals surface area contributed by atoms with Crippen molar-refractivity contribution in [2.24, 2.45) is 17.3 Å². The quantitative estimate of drug-likeness (QED) is 0.740. The van der Waals surface area contributed by atoms with Crippen LogP contribution in [0, 0.1) is 17.3 Å². The van der Waals surface area contributed by atoms with Gasteiger partial charge in [0, 0.05) is 15.8 Å². The largest absolute Gasteiger partial charge is 0.393 e. The molecular formula is C19H23BrO2. The molecule has 0 aromatic heterocycles. The third kappa shape index (κ3) is 2.59. The molecule has 1 aromatic carbocycles. The molecule has 0 saturated heterocycles. The van der Waals surface area contributed by atoms with Crippen molar-refractivity contribution < 1.29 is 9.90 Å². The molecule has 1 N–H and O–H groups in total. The standard InChI is InChI=1S/C19H23BrO2/c1-12-15-7-5-9-17(21)19(15,2)11-14(18(12)22)10-13-6-3-4-8-16(13)20/h3-4,6,8,10,12,15,17,21H,5,7,9,11H2,1-2H3/b14-10+/t12?,15?,17-,19-/m0/s1. The molecule has 0 bridgehead atoms. The molecule has 2 unspecified atom stereocenters. The molecule has 2 fully saturated rings. The number of rotatable bonds is 1. The number of halogens is 1. The third-order valence-corrected chi connectivity index (χ3v) is 6.46. The van der Waals surface area contributed by atoms with Crippen LogP contribution in [-0.4, -0.2) is 17.0 Å². The fourth-order valence-corrected chi connectivity index (χ4v) is 4.78. The van der Waals surface area contributed by atoms with Gasteiger partial charge in [0.2, 0.25) is 0 Å². The highest BCUT2D eigenvalue weighted by Crippen LogP contribution is 2.53. The van der Waals surface area contributed by atoms with Gasteiger partial charge in [0.15, 0.2) is 5.78 Å². The normalized spacial score (nSPS) is 37.2. The fraction of sp³-hybridized carbons (Fsp3) is 0.526. The van der Waals surface area contributed by atoms with Crippen molar-refractivity contribution in [1.82, 2.24) is 0 Å². The van der Waals surface area contributed by atoms with Crippen LogP contribution in [0.25, 0.3) is 6.08 Å². The lowest BCUT2D eigenvalue weighted by Crippen LogP contribution is -2.51. The molecule has 0 spiro atoms. The molecule has 4 atom stereocenters. The van der Waals surface area contributed by atoms with E-state index in [1.54, 1.807) is 0 Å². The van der Waals surface area contributed by atoms with Gasteiger partial charge in [0.05, 0.1) is 6.10 Å². The van der Waals surface area contributed by atoms with E-state index in [-0.39, 0.29) is 23.2 Å². The van der Waals surface area contributed by atoms with Gasteiger partial charge in [-0.3, -0.25) is 4.79 Å². The van der Waals surface area contributed by atoms with Crippen LogP contribution in [0.4, 0.5) is 0 Å². The van der Waals surface area contributed by atoms with E-state index in [1.165, 1.54) is 0 Å². The van der Waals surface area contributed by atoms with Crippen molar-refractivity contribution in [2.45, 2.75) is 45.6 Å². The second-order valence-corrected chi connectivity index (χ2v) is 7.93. The lowest BCUT2D eigenvalue weighted by Gasteiger charge is -2.51. The Morgan fingerprint density at radius 2 is 2.05 bits per heavy atom. The van der Waals surface area contributed by atoms with Crippen LogP contribution in [0.3, 0.4) is 0 Å². The Morgan fingerprint density at radius 3 is 2.77 bits per heavy atom. The zero-order chi connectivity index (χ0) is 15.9. The SMILES string of the molecule is CC1C(=O)/C(=C/c2ccccc2Br)C[C@@]2(C)C1CCC[C@@H]2O. The molecule has 22 heavy (non-hydrogen) atoms. The summed E-state index contributed by atoms with van der Waals surface area (Å²) in [7, 11) is 0. The summed E-state index contributed by atoms with van der Waals surface area (Å²) < 4.78 is 0.999. The molecule has 118 valence electrons. The van der Waals surface area contributed by atoms with Crippen LogP contribution in [0.2, 0.25) is 0 Å². The summed E-state index contributed by atoms with van der Waals surface area (Å²) in [5.74, 6) is 0.565. The number of ketones is 1. The molecule has 3 rings (SSSR count). The van der Waals surface area contributed by atoms with Gasteiger partial charge in [-0.25, -0.2) is 0 Å². The smallest absolute Gasteiger partial charge is 0.161 e. The second-order valence-electron chi connectivity index (χ2n) is 7.08. The van der Waals surface area contributed by atoms with Crippen molar-refractivity contribution in [1.29, 1.82) is 0 Å². The van der Waals surface area contributed by atoms with E-state index in [0.717, 1.165) is 34.9 Å². The van der Waals surface area contributed by atoms with E-state index >= 15 is 0 Å². The predicted octanol–water partition coefficient (Wildman–Crippen LogP) is 4.61. The minimum Gasteiger partial charge on any atom is -0.393 e. The molecule has 2 aliphatic rings. The molecule has 3 heteroatoms. The first-order valence-electron chi connectivity index (χ1n) is 8.11. The van der Waals surface area contributed by atoms with Gasteiger partial charge in [-0.2, -0.15) is 0 Å². The molecule has 0 heterocycles. The molecule has 0 aliphatic heterocycles. The van der Waals surface area contributed by atoms with Crippen LogP contribution in [-0.2, 0) is 4.79 Å². The van der Waals surface area contributed by atoms with Crippen molar-refractivity contribution in [3.8, 4) is 0 Å². The maximum absolute atomic E-state index is 12.8. The predicted molar refractivity (Wildman–Crippen MR) is 92.4 cm³/mol. The zero-order valence-corrected chi connectivity index (χ0v) is 14.8. The maximum Gasteiger partial charge on any atom is 0.161 e. The van der Waals surface area contributed by atoms with E-state index in [0.29, 0.717) is 12.3 Å². The summed E-state index contributed by atoms with van der Waals surface area (Å²) in [6.45, 7) is 4.20. The van der Waals surface area contributed by atoms with Crippen molar-refractivity contribution in [2.75, 3.05) is 0 Å². The highest BCUT2D eigenvalue weighted by atomic mass is 79.9. The molecule has 2 aliphatic carbocycles. The number of Topliss-reactive ketones (excluding diaryl/α,β-unsaturated/α-hetero) is 1. The highest BCUT2D eigenvalue weighted by Gasteiger charge is 2.51. The summed E-state index contributed by atoms with van der Waals surface area (Å²) in [4.78, 5) is 12.8. The average molecular weight is 363 g/mol. The average Bonchev–Trinajstić information content (AvgIpc) is 2.49. The van der Waals surface area contributed by atoms with E-state index in [9.17, 15) is 9.90 Å². The van der Waals surface area contributed by atoms with Gasteiger partial charge in [-0.15, -0.1) is 0 Å². The molecular weight excluding hydrogens is 340 g/mol. The second kappa shape index (κ2) is 5.93. The van der Waals surface area contributed by atoms with Crippen molar-refractivity contribution in [3.63, 3.8) is 0 Å². The topological polar surface area (TPSA) is 37.3 Å². The number of benzene rings is 1. The number of carbonyl (C=O) groups excluding carboxylic acids is 1. The fourth-order valence-electron chi connectivity index (χ4n) is 4.38.